The average Bonchev–Trinajstić information content (AvgIpc) is 2.64. The molecule has 1 fully saturated rings. The predicted molar refractivity (Wildman–Crippen MR) is 98.0 cm³/mol. The molecule has 0 bridgehead atoms. The van der Waals surface area contributed by atoms with Gasteiger partial charge in [0.1, 0.15) is 5.75 Å². The quantitative estimate of drug-likeness (QED) is 0.906. The number of carbonyl (C=O) groups is 1. The van der Waals surface area contributed by atoms with Crippen LogP contribution in [0.4, 0.5) is 11.6 Å². The summed E-state index contributed by atoms with van der Waals surface area (Å²) >= 11 is 0. The standard InChI is InChI=1S/C19H24N4O2/c1-14-7-9-23(10-8-14)19-20-12-16(13-21-19)22-18(24)11-15-3-5-17(25-2)6-4-15/h3-6,12-14H,7-11H2,1-2H3,(H,22,24). The van der Waals surface area contributed by atoms with Crippen molar-refractivity contribution in [2.75, 3.05) is 30.4 Å². The first kappa shape index (κ1) is 17.2. The fraction of sp³-hybridized carbons (Fsp3) is 0.421. The lowest BCUT2D eigenvalue weighted by Gasteiger charge is -2.30. The fourth-order valence-electron chi connectivity index (χ4n) is 2.89. The number of aromatic nitrogens is 2. The normalized spacial score (nSPS) is 15.0. The van der Waals surface area contributed by atoms with Crippen LogP contribution < -0.4 is 15.0 Å². The van der Waals surface area contributed by atoms with Crippen molar-refractivity contribution in [1.29, 1.82) is 0 Å². The zero-order valence-corrected chi connectivity index (χ0v) is 14.7. The Hall–Kier alpha value is -2.63. The van der Waals surface area contributed by atoms with E-state index >= 15 is 0 Å². The van der Waals surface area contributed by atoms with Crippen molar-refractivity contribution in [3.63, 3.8) is 0 Å². The molecule has 1 amide bonds. The van der Waals surface area contributed by atoms with Gasteiger partial charge in [-0.05, 0) is 36.5 Å². The molecule has 1 aromatic heterocycles. The first-order valence-corrected chi connectivity index (χ1v) is 8.64. The van der Waals surface area contributed by atoms with Gasteiger partial charge in [0.15, 0.2) is 0 Å². The van der Waals surface area contributed by atoms with E-state index < -0.39 is 0 Å². The number of hydrogen-bond donors (Lipinski definition) is 1. The van der Waals surface area contributed by atoms with Crippen LogP contribution in [0.1, 0.15) is 25.3 Å². The SMILES string of the molecule is COc1ccc(CC(=O)Nc2cnc(N3CCC(C)CC3)nc2)cc1. The molecule has 0 atom stereocenters. The smallest absolute Gasteiger partial charge is 0.228 e. The zero-order valence-electron chi connectivity index (χ0n) is 14.7. The van der Waals surface area contributed by atoms with Gasteiger partial charge in [-0.25, -0.2) is 9.97 Å². The molecule has 25 heavy (non-hydrogen) atoms. The van der Waals surface area contributed by atoms with Crippen LogP contribution in [0.5, 0.6) is 5.75 Å². The van der Waals surface area contributed by atoms with Gasteiger partial charge in [-0.1, -0.05) is 19.1 Å². The lowest BCUT2D eigenvalue weighted by atomic mass is 10.00. The Morgan fingerprint density at radius 2 is 1.84 bits per heavy atom. The van der Waals surface area contributed by atoms with E-state index in [9.17, 15) is 4.79 Å². The maximum atomic E-state index is 12.2. The molecule has 6 heteroatoms. The van der Waals surface area contributed by atoms with Gasteiger partial charge in [0.25, 0.3) is 0 Å². The van der Waals surface area contributed by atoms with Crippen LogP contribution in [-0.2, 0) is 11.2 Å². The summed E-state index contributed by atoms with van der Waals surface area (Å²) in [4.78, 5) is 23.1. The molecule has 0 saturated carbocycles. The second kappa shape index (κ2) is 7.96. The molecular formula is C19H24N4O2. The first-order chi connectivity index (χ1) is 12.1. The predicted octanol–water partition coefficient (Wildman–Crippen LogP) is 2.90. The second-order valence-corrected chi connectivity index (χ2v) is 6.51. The van der Waals surface area contributed by atoms with Crippen LogP contribution in [0.15, 0.2) is 36.7 Å². The summed E-state index contributed by atoms with van der Waals surface area (Å²) in [6.45, 7) is 4.26. The van der Waals surface area contributed by atoms with Crippen molar-refractivity contribution in [3.8, 4) is 5.75 Å². The van der Waals surface area contributed by atoms with E-state index in [0.717, 1.165) is 36.3 Å². The van der Waals surface area contributed by atoms with E-state index in [1.807, 2.05) is 24.3 Å². The van der Waals surface area contributed by atoms with Crippen LogP contribution in [-0.4, -0.2) is 36.1 Å². The summed E-state index contributed by atoms with van der Waals surface area (Å²) in [5.74, 6) is 2.20. The molecular weight excluding hydrogens is 316 g/mol. The average molecular weight is 340 g/mol. The number of anilines is 2. The Balaban J connectivity index is 1.54. The molecule has 0 aliphatic carbocycles. The van der Waals surface area contributed by atoms with Gasteiger partial charge in [-0.3, -0.25) is 4.79 Å². The fourth-order valence-corrected chi connectivity index (χ4v) is 2.89. The number of piperidine rings is 1. The minimum Gasteiger partial charge on any atom is -0.497 e. The molecule has 0 unspecified atom stereocenters. The van der Waals surface area contributed by atoms with Crippen LogP contribution in [0, 0.1) is 5.92 Å². The highest BCUT2D eigenvalue weighted by Crippen LogP contribution is 2.20. The van der Waals surface area contributed by atoms with Gasteiger partial charge in [-0.15, -0.1) is 0 Å². The summed E-state index contributed by atoms with van der Waals surface area (Å²) in [6.07, 6.45) is 5.99. The molecule has 132 valence electrons. The molecule has 3 rings (SSSR count). The van der Waals surface area contributed by atoms with E-state index in [1.54, 1.807) is 19.5 Å². The Kier molecular flexibility index (Phi) is 5.48. The van der Waals surface area contributed by atoms with Gasteiger partial charge in [0.2, 0.25) is 11.9 Å². The van der Waals surface area contributed by atoms with E-state index in [2.05, 4.69) is 27.1 Å². The summed E-state index contributed by atoms with van der Waals surface area (Å²) in [6, 6.07) is 7.46. The van der Waals surface area contributed by atoms with Crippen molar-refractivity contribution in [1.82, 2.24) is 9.97 Å². The van der Waals surface area contributed by atoms with Crippen molar-refractivity contribution >= 4 is 17.5 Å². The van der Waals surface area contributed by atoms with E-state index in [-0.39, 0.29) is 5.91 Å². The van der Waals surface area contributed by atoms with Crippen LogP contribution in [0.25, 0.3) is 0 Å². The maximum absolute atomic E-state index is 12.2. The highest BCUT2D eigenvalue weighted by Gasteiger charge is 2.17. The summed E-state index contributed by atoms with van der Waals surface area (Å²) < 4.78 is 5.12. The van der Waals surface area contributed by atoms with Crippen LogP contribution >= 0.6 is 0 Å². The van der Waals surface area contributed by atoms with Crippen LogP contribution in [0.3, 0.4) is 0 Å². The molecule has 2 aromatic rings. The Bertz CT molecular complexity index is 692. The number of hydrogen-bond acceptors (Lipinski definition) is 5. The lowest BCUT2D eigenvalue weighted by molar-refractivity contribution is -0.115. The maximum Gasteiger partial charge on any atom is 0.228 e. The molecule has 1 aliphatic heterocycles. The third kappa shape index (κ3) is 4.68. The molecule has 0 radical (unpaired) electrons. The van der Waals surface area contributed by atoms with E-state index in [0.29, 0.717) is 12.1 Å². The largest absolute Gasteiger partial charge is 0.497 e. The zero-order chi connectivity index (χ0) is 17.6. The Morgan fingerprint density at radius 3 is 2.44 bits per heavy atom. The second-order valence-electron chi connectivity index (χ2n) is 6.51. The third-order valence-electron chi connectivity index (χ3n) is 4.51. The van der Waals surface area contributed by atoms with E-state index in [4.69, 9.17) is 4.74 Å². The number of nitrogens with one attached hydrogen (secondary N) is 1. The molecule has 6 nitrogen and oxygen atoms in total. The van der Waals surface area contributed by atoms with Gasteiger partial charge in [0.05, 0.1) is 31.6 Å². The molecule has 1 saturated heterocycles. The Morgan fingerprint density at radius 1 is 1.20 bits per heavy atom. The lowest BCUT2D eigenvalue weighted by Crippen LogP contribution is -2.34. The number of carbonyl (C=O) groups excluding carboxylic acids is 1. The van der Waals surface area contributed by atoms with Gasteiger partial charge < -0.3 is 15.0 Å². The monoisotopic (exact) mass is 340 g/mol. The third-order valence-corrected chi connectivity index (χ3v) is 4.51. The topological polar surface area (TPSA) is 67.3 Å². The molecule has 0 spiro atoms. The van der Waals surface area contributed by atoms with Gasteiger partial charge in [-0.2, -0.15) is 0 Å². The number of ether oxygens (including phenoxy) is 1. The summed E-state index contributed by atoms with van der Waals surface area (Å²) in [5, 5.41) is 2.84. The Labute approximate surface area is 148 Å². The number of rotatable bonds is 5. The summed E-state index contributed by atoms with van der Waals surface area (Å²) in [7, 11) is 1.62. The molecule has 1 aliphatic rings. The number of amides is 1. The molecule has 2 heterocycles. The number of benzene rings is 1. The van der Waals surface area contributed by atoms with E-state index in [1.165, 1.54) is 12.8 Å². The number of methoxy groups -OCH3 is 1. The van der Waals surface area contributed by atoms with Crippen LogP contribution in [0.2, 0.25) is 0 Å². The molecule has 1 aromatic carbocycles. The van der Waals surface area contributed by atoms with Crippen molar-refractivity contribution in [2.24, 2.45) is 5.92 Å². The molecule has 1 N–H and O–H groups in total. The number of nitrogens with zero attached hydrogens (tertiary/aromatic N) is 3. The highest BCUT2D eigenvalue weighted by atomic mass is 16.5. The van der Waals surface area contributed by atoms with Gasteiger partial charge in [0, 0.05) is 13.1 Å². The minimum absolute atomic E-state index is 0.0895. The van der Waals surface area contributed by atoms with Gasteiger partial charge >= 0.3 is 0 Å². The minimum atomic E-state index is -0.0895. The first-order valence-electron chi connectivity index (χ1n) is 8.64. The van der Waals surface area contributed by atoms with Crippen molar-refractivity contribution < 1.29 is 9.53 Å². The summed E-state index contributed by atoms with van der Waals surface area (Å²) in [5.41, 5.74) is 1.55. The van der Waals surface area contributed by atoms with Crippen molar-refractivity contribution in [3.05, 3.63) is 42.2 Å². The highest BCUT2D eigenvalue weighted by molar-refractivity contribution is 5.92. The van der Waals surface area contributed by atoms with Crippen molar-refractivity contribution in [2.45, 2.75) is 26.2 Å².